The molecule has 100 valence electrons. The van der Waals surface area contributed by atoms with Crippen LogP contribution in [0.2, 0.25) is 5.02 Å². The lowest BCUT2D eigenvalue weighted by atomic mass is 10.2. The fourth-order valence-electron chi connectivity index (χ4n) is 1.75. The summed E-state index contributed by atoms with van der Waals surface area (Å²) in [7, 11) is 3.29. The van der Waals surface area contributed by atoms with Crippen molar-refractivity contribution in [3.63, 3.8) is 0 Å². The Labute approximate surface area is 118 Å². The van der Waals surface area contributed by atoms with E-state index < -0.39 is 0 Å². The highest BCUT2D eigenvalue weighted by molar-refractivity contribution is 6.33. The zero-order valence-electron chi connectivity index (χ0n) is 10.9. The Morgan fingerprint density at radius 2 is 1.74 bits per heavy atom. The first-order valence-electron chi connectivity index (χ1n) is 5.93. The van der Waals surface area contributed by atoms with Gasteiger partial charge in [-0.15, -0.1) is 0 Å². The fraction of sp³-hybridized carbons (Fsp3) is 0.200. The lowest BCUT2D eigenvalue weighted by Gasteiger charge is -2.11. The van der Waals surface area contributed by atoms with E-state index in [2.05, 4.69) is 5.32 Å². The molecular weight excluding hydrogens is 262 g/mol. The molecule has 2 aromatic carbocycles. The molecule has 0 bridgehead atoms. The van der Waals surface area contributed by atoms with Gasteiger partial charge in [-0.1, -0.05) is 23.7 Å². The van der Waals surface area contributed by atoms with Crippen LogP contribution >= 0.6 is 11.6 Å². The summed E-state index contributed by atoms with van der Waals surface area (Å²) < 4.78 is 10.4. The number of benzene rings is 2. The predicted molar refractivity (Wildman–Crippen MR) is 78.3 cm³/mol. The van der Waals surface area contributed by atoms with E-state index >= 15 is 0 Å². The van der Waals surface area contributed by atoms with Gasteiger partial charge in [0, 0.05) is 12.6 Å². The quantitative estimate of drug-likeness (QED) is 0.897. The number of methoxy groups -OCH3 is 2. The molecule has 0 heterocycles. The second-order valence-corrected chi connectivity index (χ2v) is 4.46. The van der Waals surface area contributed by atoms with Crippen LogP contribution in [0.15, 0.2) is 42.5 Å². The van der Waals surface area contributed by atoms with E-state index in [4.69, 9.17) is 21.1 Å². The van der Waals surface area contributed by atoms with Gasteiger partial charge in [-0.3, -0.25) is 0 Å². The van der Waals surface area contributed by atoms with Gasteiger partial charge in [0.1, 0.15) is 11.5 Å². The second kappa shape index (κ2) is 6.34. The Hall–Kier alpha value is -1.87. The lowest BCUT2D eigenvalue weighted by molar-refractivity contribution is 0.414. The van der Waals surface area contributed by atoms with Crippen LogP contribution in [0, 0.1) is 0 Å². The van der Waals surface area contributed by atoms with Gasteiger partial charge in [-0.2, -0.15) is 0 Å². The van der Waals surface area contributed by atoms with Crippen LogP contribution < -0.4 is 14.8 Å². The van der Waals surface area contributed by atoms with E-state index in [1.165, 1.54) is 0 Å². The largest absolute Gasteiger partial charge is 0.497 e. The first-order valence-corrected chi connectivity index (χ1v) is 6.31. The molecule has 0 atom stereocenters. The van der Waals surface area contributed by atoms with Crippen molar-refractivity contribution in [1.29, 1.82) is 0 Å². The van der Waals surface area contributed by atoms with Gasteiger partial charge >= 0.3 is 0 Å². The third-order valence-electron chi connectivity index (χ3n) is 2.79. The van der Waals surface area contributed by atoms with E-state index in [0.29, 0.717) is 11.6 Å². The Balaban J connectivity index is 2.09. The summed E-state index contributed by atoms with van der Waals surface area (Å²) >= 11 is 6.14. The maximum Gasteiger partial charge on any atom is 0.121 e. The normalized spacial score (nSPS) is 10.1. The van der Waals surface area contributed by atoms with Crippen molar-refractivity contribution in [2.75, 3.05) is 19.5 Å². The minimum Gasteiger partial charge on any atom is -0.497 e. The molecule has 0 amide bonds. The van der Waals surface area contributed by atoms with Gasteiger partial charge in [0.2, 0.25) is 0 Å². The van der Waals surface area contributed by atoms with Crippen molar-refractivity contribution >= 4 is 17.3 Å². The van der Waals surface area contributed by atoms with Crippen molar-refractivity contribution in [3.8, 4) is 11.5 Å². The van der Waals surface area contributed by atoms with Crippen molar-refractivity contribution in [2.45, 2.75) is 6.54 Å². The molecule has 0 fully saturated rings. The van der Waals surface area contributed by atoms with Crippen molar-refractivity contribution < 1.29 is 9.47 Å². The molecular formula is C15H16ClNO2. The van der Waals surface area contributed by atoms with E-state index in [9.17, 15) is 0 Å². The Morgan fingerprint density at radius 3 is 2.47 bits per heavy atom. The standard InChI is InChI=1S/C15H16ClNO2/c1-18-12-5-3-4-11(8-12)10-17-15-9-13(19-2)6-7-14(15)16/h3-9,17H,10H2,1-2H3. The van der Waals surface area contributed by atoms with Gasteiger partial charge in [0.05, 0.1) is 24.9 Å². The van der Waals surface area contributed by atoms with Crippen molar-refractivity contribution in [1.82, 2.24) is 0 Å². The van der Waals surface area contributed by atoms with E-state index in [-0.39, 0.29) is 0 Å². The molecule has 2 rings (SSSR count). The third-order valence-corrected chi connectivity index (χ3v) is 3.12. The Kier molecular flexibility index (Phi) is 4.53. The Bertz CT molecular complexity index is 558. The van der Waals surface area contributed by atoms with Gasteiger partial charge in [0.15, 0.2) is 0 Å². The molecule has 3 nitrogen and oxygen atoms in total. The lowest BCUT2D eigenvalue weighted by Crippen LogP contribution is -2.00. The summed E-state index contributed by atoms with van der Waals surface area (Å²) in [4.78, 5) is 0. The third kappa shape index (κ3) is 3.55. The number of rotatable bonds is 5. The van der Waals surface area contributed by atoms with E-state index in [0.717, 1.165) is 22.7 Å². The Morgan fingerprint density at radius 1 is 1.00 bits per heavy atom. The smallest absolute Gasteiger partial charge is 0.121 e. The first kappa shape index (κ1) is 13.6. The number of hydrogen-bond donors (Lipinski definition) is 1. The molecule has 1 N–H and O–H groups in total. The van der Waals surface area contributed by atoms with Crippen LogP contribution in [-0.4, -0.2) is 14.2 Å². The molecule has 0 saturated carbocycles. The summed E-state index contributed by atoms with van der Waals surface area (Å²) in [6.45, 7) is 0.671. The average Bonchev–Trinajstić information content (AvgIpc) is 2.46. The zero-order valence-corrected chi connectivity index (χ0v) is 11.7. The number of halogens is 1. The summed E-state index contributed by atoms with van der Waals surface area (Å²) in [6, 6.07) is 13.4. The molecule has 0 saturated heterocycles. The van der Waals surface area contributed by atoms with Crippen LogP contribution in [0.5, 0.6) is 11.5 Å². The molecule has 0 aliphatic rings. The predicted octanol–water partition coefficient (Wildman–Crippen LogP) is 3.97. The highest BCUT2D eigenvalue weighted by Gasteiger charge is 2.03. The van der Waals surface area contributed by atoms with E-state index in [1.54, 1.807) is 14.2 Å². The summed E-state index contributed by atoms with van der Waals surface area (Å²) in [5.41, 5.74) is 1.97. The van der Waals surface area contributed by atoms with Gasteiger partial charge in [-0.05, 0) is 29.8 Å². The first-order chi connectivity index (χ1) is 9.22. The number of anilines is 1. The topological polar surface area (TPSA) is 30.5 Å². The zero-order chi connectivity index (χ0) is 13.7. The van der Waals surface area contributed by atoms with Crippen molar-refractivity contribution in [2.24, 2.45) is 0 Å². The molecule has 0 aromatic heterocycles. The maximum absolute atomic E-state index is 6.14. The van der Waals surface area contributed by atoms with Crippen LogP contribution in [0.25, 0.3) is 0 Å². The molecule has 19 heavy (non-hydrogen) atoms. The molecule has 0 aliphatic carbocycles. The van der Waals surface area contributed by atoms with Crippen LogP contribution in [0.1, 0.15) is 5.56 Å². The van der Waals surface area contributed by atoms with Crippen LogP contribution in [0.4, 0.5) is 5.69 Å². The molecule has 0 radical (unpaired) electrons. The number of nitrogens with one attached hydrogen (secondary N) is 1. The molecule has 0 aliphatic heterocycles. The van der Waals surface area contributed by atoms with E-state index in [1.807, 2.05) is 42.5 Å². The number of hydrogen-bond acceptors (Lipinski definition) is 3. The van der Waals surface area contributed by atoms with Crippen LogP contribution in [0.3, 0.4) is 0 Å². The van der Waals surface area contributed by atoms with Gasteiger partial charge in [-0.25, -0.2) is 0 Å². The molecule has 0 spiro atoms. The molecule has 0 unspecified atom stereocenters. The SMILES string of the molecule is COc1cccc(CNc2cc(OC)ccc2Cl)c1. The number of ether oxygens (including phenoxy) is 2. The maximum atomic E-state index is 6.14. The summed E-state index contributed by atoms with van der Waals surface area (Å²) in [6.07, 6.45) is 0. The molecule has 2 aromatic rings. The minimum absolute atomic E-state index is 0.670. The van der Waals surface area contributed by atoms with Gasteiger partial charge < -0.3 is 14.8 Å². The summed E-state index contributed by atoms with van der Waals surface area (Å²) in [5, 5.41) is 3.96. The van der Waals surface area contributed by atoms with Gasteiger partial charge in [0.25, 0.3) is 0 Å². The monoisotopic (exact) mass is 277 g/mol. The summed E-state index contributed by atoms with van der Waals surface area (Å²) in [5.74, 6) is 1.62. The minimum atomic E-state index is 0.670. The highest BCUT2D eigenvalue weighted by atomic mass is 35.5. The highest BCUT2D eigenvalue weighted by Crippen LogP contribution is 2.27. The van der Waals surface area contributed by atoms with Crippen molar-refractivity contribution in [3.05, 3.63) is 53.1 Å². The second-order valence-electron chi connectivity index (χ2n) is 4.05. The average molecular weight is 278 g/mol. The molecule has 4 heteroatoms. The van der Waals surface area contributed by atoms with Crippen LogP contribution in [-0.2, 0) is 6.54 Å². The fourth-order valence-corrected chi connectivity index (χ4v) is 1.93.